The molecule has 2 aliphatic heterocycles. The van der Waals surface area contributed by atoms with Gasteiger partial charge in [-0.3, -0.25) is 14.5 Å². The average molecular weight is 408 g/mol. The maximum atomic E-state index is 14.8. The van der Waals surface area contributed by atoms with Crippen LogP contribution in [-0.2, 0) is 14.3 Å². The largest absolute Gasteiger partial charge is 0.320 e. The molecule has 0 spiro atoms. The summed E-state index contributed by atoms with van der Waals surface area (Å²) < 4.78 is 20.3. The van der Waals surface area contributed by atoms with Gasteiger partial charge in [-0.2, -0.15) is 0 Å². The maximum Gasteiger partial charge on any atom is 0.236 e. The summed E-state index contributed by atoms with van der Waals surface area (Å²) in [6.07, 6.45) is 1.10. The Morgan fingerprint density at radius 3 is 2.86 bits per heavy atom. The van der Waals surface area contributed by atoms with Gasteiger partial charge in [-0.1, -0.05) is 34.6 Å². The number of azide groups is 1. The number of ether oxygens (including phenoxy) is 1. The molecule has 0 radical (unpaired) electrons. The van der Waals surface area contributed by atoms with Crippen molar-refractivity contribution in [3.63, 3.8) is 0 Å². The Hall–Kier alpha value is -1.19. The van der Waals surface area contributed by atoms with E-state index in [0.29, 0.717) is 0 Å². The van der Waals surface area contributed by atoms with Crippen LogP contribution in [-0.4, -0.2) is 38.6 Å². The first-order valence-electron chi connectivity index (χ1n) is 6.29. The first-order valence-corrected chi connectivity index (χ1v) is 7.82. The normalized spacial score (nSPS) is 39.5. The van der Waals surface area contributed by atoms with Crippen LogP contribution in [0.2, 0.25) is 0 Å². The Balaban J connectivity index is 2.46. The minimum atomic E-state index is -2.01. The highest BCUT2D eigenvalue weighted by molar-refractivity contribution is 14.1. The zero-order valence-corrected chi connectivity index (χ0v) is 13.7. The molecule has 0 aromatic rings. The third-order valence-corrected chi connectivity index (χ3v) is 5.10. The van der Waals surface area contributed by atoms with Gasteiger partial charge in [0.15, 0.2) is 12.0 Å². The molecule has 4 atom stereocenters. The van der Waals surface area contributed by atoms with E-state index < -0.39 is 29.4 Å². The molecule has 1 amide bonds. The molecule has 1 saturated heterocycles. The number of hydrogen-bond donors (Lipinski definition) is 0. The van der Waals surface area contributed by atoms with Gasteiger partial charge in [0, 0.05) is 17.0 Å². The van der Waals surface area contributed by atoms with Crippen LogP contribution in [0.5, 0.6) is 0 Å². The summed E-state index contributed by atoms with van der Waals surface area (Å²) in [6.45, 7) is 3.13. The van der Waals surface area contributed by atoms with Gasteiger partial charge in [-0.15, -0.1) is 0 Å². The second kappa shape index (κ2) is 5.54. The Morgan fingerprint density at radius 2 is 2.33 bits per heavy atom. The van der Waals surface area contributed by atoms with E-state index in [2.05, 4.69) is 10.0 Å². The van der Waals surface area contributed by atoms with Crippen LogP contribution in [0.15, 0.2) is 17.4 Å². The second-order valence-electron chi connectivity index (χ2n) is 5.29. The van der Waals surface area contributed by atoms with E-state index in [9.17, 15) is 14.0 Å². The van der Waals surface area contributed by atoms with Crippen molar-refractivity contribution in [3.8, 4) is 0 Å². The van der Waals surface area contributed by atoms with Gasteiger partial charge in [0.05, 0.1) is 16.4 Å². The molecular formula is C12H14FIN4O3. The van der Waals surface area contributed by atoms with Crippen molar-refractivity contribution in [2.24, 2.45) is 11.0 Å². The van der Waals surface area contributed by atoms with Crippen molar-refractivity contribution < 1.29 is 18.7 Å². The van der Waals surface area contributed by atoms with Crippen molar-refractivity contribution in [1.29, 1.82) is 0 Å². The fraction of sp³-hybridized carbons (Fsp3) is 0.667. The second-order valence-corrected chi connectivity index (χ2v) is 6.05. The zero-order valence-electron chi connectivity index (χ0n) is 11.5. The number of nitrogens with zero attached hydrogens (tertiary/aromatic N) is 4. The lowest BCUT2D eigenvalue weighted by Gasteiger charge is -2.35. The number of rotatable bonds is 3. The number of allylic oxidation sites excluding steroid dienone is 1. The summed E-state index contributed by atoms with van der Waals surface area (Å²) in [7, 11) is 0. The van der Waals surface area contributed by atoms with Crippen LogP contribution in [0.25, 0.3) is 10.4 Å². The lowest BCUT2D eigenvalue weighted by Crippen LogP contribution is -2.50. The van der Waals surface area contributed by atoms with E-state index in [1.165, 1.54) is 12.3 Å². The predicted molar refractivity (Wildman–Crippen MR) is 79.9 cm³/mol. The first-order chi connectivity index (χ1) is 9.78. The third kappa shape index (κ3) is 2.53. The fourth-order valence-electron chi connectivity index (χ4n) is 2.53. The minimum Gasteiger partial charge on any atom is -0.320 e. The SMILES string of the molecule is C[C@H]1[C@@](C)(N=[N+]=[N-])[C@H](N2C=CC(=O)CC2=O)O[C@]1(F)CI. The summed E-state index contributed by atoms with van der Waals surface area (Å²) in [5.74, 6) is -3.59. The van der Waals surface area contributed by atoms with E-state index in [1.54, 1.807) is 13.8 Å². The summed E-state index contributed by atoms with van der Waals surface area (Å²) >= 11 is 1.85. The Kier molecular flexibility index (Phi) is 4.27. The number of hydrogen-bond acceptors (Lipinski definition) is 4. The summed E-state index contributed by atoms with van der Waals surface area (Å²) in [5, 5.41) is 3.69. The molecule has 0 aromatic carbocycles. The fourth-order valence-corrected chi connectivity index (χ4v) is 3.37. The predicted octanol–water partition coefficient (Wildman–Crippen LogP) is 2.46. The molecule has 0 aliphatic carbocycles. The van der Waals surface area contributed by atoms with E-state index >= 15 is 0 Å². The van der Waals surface area contributed by atoms with Crippen LogP contribution in [0.1, 0.15) is 20.3 Å². The molecule has 0 saturated carbocycles. The van der Waals surface area contributed by atoms with Gasteiger partial charge in [0.2, 0.25) is 11.8 Å². The lowest BCUT2D eigenvalue weighted by atomic mass is 9.84. The zero-order chi connectivity index (χ0) is 15.8. The first kappa shape index (κ1) is 16.2. The van der Waals surface area contributed by atoms with Crippen LogP contribution >= 0.6 is 22.6 Å². The number of ketones is 1. The summed E-state index contributed by atoms with van der Waals surface area (Å²) in [6, 6.07) is 0. The van der Waals surface area contributed by atoms with Crippen LogP contribution < -0.4 is 0 Å². The number of alkyl halides is 2. The molecule has 0 aromatic heterocycles. The standard InChI is InChI=1S/C12H14FIN4O3/c1-7-11(2,16-17-15)10(21-12(7,13)6-14)18-4-3-8(19)5-9(18)20/h3-4,7,10H,5-6H2,1-2H3/t7-,10+,11+,12+/m0/s1. The Bertz CT molecular complexity index is 565. The molecule has 0 unspecified atom stereocenters. The van der Waals surface area contributed by atoms with Crippen molar-refractivity contribution >= 4 is 34.3 Å². The molecule has 114 valence electrons. The molecule has 0 N–H and O–H groups in total. The van der Waals surface area contributed by atoms with Gasteiger partial charge >= 0.3 is 0 Å². The smallest absolute Gasteiger partial charge is 0.236 e. The van der Waals surface area contributed by atoms with Gasteiger partial charge in [0.25, 0.3) is 0 Å². The number of halogens is 2. The highest BCUT2D eigenvalue weighted by Gasteiger charge is 2.62. The van der Waals surface area contributed by atoms with Crippen molar-refractivity contribution in [2.75, 3.05) is 4.43 Å². The van der Waals surface area contributed by atoms with E-state index in [-0.39, 0.29) is 16.6 Å². The topological polar surface area (TPSA) is 95.4 Å². The van der Waals surface area contributed by atoms with Crippen molar-refractivity contribution in [1.82, 2.24) is 4.90 Å². The van der Waals surface area contributed by atoms with E-state index in [1.807, 2.05) is 22.6 Å². The third-order valence-electron chi connectivity index (χ3n) is 4.06. The maximum absolute atomic E-state index is 14.8. The highest BCUT2D eigenvalue weighted by Crippen LogP contribution is 2.49. The van der Waals surface area contributed by atoms with Crippen molar-refractivity contribution in [2.45, 2.75) is 37.9 Å². The molecule has 1 fully saturated rings. The quantitative estimate of drug-likeness (QED) is 0.179. The van der Waals surface area contributed by atoms with Crippen LogP contribution in [0.4, 0.5) is 4.39 Å². The molecule has 2 rings (SSSR count). The van der Waals surface area contributed by atoms with Crippen LogP contribution in [0.3, 0.4) is 0 Å². The Labute approximate surface area is 134 Å². The van der Waals surface area contributed by atoms with Gasteiger partial charge in [-0.25, -0.2) is 4.39 Å². The van der Waals surface area contributed by atoms with Crippen molar-refractivity contribution in [3.05, 3.63) is 22.7 Å². The summed E-state index contributed by atoms with van der Waals surface area (Å²) in [5.41, 5.74) is 7.51. The highest BCUT2D eigenvalue weighted by atomic mass is 127. The molecule has 2 aliphatic rings. The molecule has 2 heterocycles. The Morgan fingerprint density at radius 1 is 1.67 bits per heavy atom. The van der Waals surface area contributed by atoms with E-state index in [4.69, 9.17) is 10.3 Å². The van der Waals surface area contributed by atoms with E-state index in [0.717, 1.165) is 4.90 Å². The molecule has 9 heteroatoms. The monoisotopic (exact) mass is 408 g/mol. The molecule has 7 nitrogen and oxygen atoms in total. The van der Waals surface area contributed by atoms with Crippen LogP contribution in [0, 0.1) is 5.92 Å². The van der Waals surface area contributed by atoms with Gasteiger partial charge < -0.3 is 4.74 Å². The lowest BCUT2D eigenvalue weighted by molar-refractivity contribution is -0.173. The number of carbonyl (C=O) groups excluding carboxylic acids is 2. The summed E-state index contributed by atoms with van der Waals surface area (Å²) in [4.78, 5) is 27.2. The number of carbonyl (C=O) groups is 2. The number of amides is 1. The minimum absolute atomic E-state index is 0.0314. The molecule has 0 bridgehead atoms. The molecular weight excluding hydrogens is 394 g/mol. The van der Waals surface area contributed by atoms with Gasteiger partial charge in [-0.05, 0) is 18.5 Å². The van der Waals surface area contributed by atoms with Gasteiger partial charge in [0.1, 0.15) is 0 Å². The average Bonchev–Trinajstić information content (AvgIpc) is 2.62. The molecule has 21 heavy (non-hydrogen) atoms.